The zero-order valence-electron chi connectivity index (χ0n) is 11.7. The first-order valence-electron chi connectivity index (χ1n) is 6.75. The number of carbonyl (C=O) groups excluding carboxylic acids is 1. The van der Waals surface area contributed by atoms with Crippen molar-refractivity contribution in [2.75, 3.05) is 26.3 Å². The summed E-state index contributed by atoms with van der Waals surface area (Å²) in [4.78, 5) is 14.3. The van der Waals surface area contributed by atoms with E-state index in [4.69, 9.17) is 10.5 Å². The highest BCUT2D eigenvalue weighted by Crippen LogP contribution is 2.14. The molecule has 1 aromatic rings. The number of carbonyl (C=O) groups is 1. The highest BCUT2D eigenvalue weighted by atomic mass is 16.5. The summed E-state index contributed by atoms with van der Waals surface area (Å²) >= 11 is 0. The van der Waals surface area contributed by atoms with E-state index in [1.807, 2.05) is 18.7 Å². The average molecular weight is 262 g/mol. The SMILES string of the molecule is Cc1ccc(C)c(CC(=O)N2CCOCC2CN)c1. The molecule has 1 aliphatic heterocycles. The van der Waals surface area contributed by atoms with E-state index in [1.165, 1.54) is 5.56 Å². The van der Waals surface area contributed by atoms with Crippen molar-refractivity contribution in [1.82, 2.24) is 4.90 Å². The van der Waals surface area contributed by atoms with Gasteiger partial charge in [0.2, 0.25) is 5.91 Å². The molecule has 0 saturated carbocycles. The lowest BCUT2D eigenvalue weighted by Crippen LogP contribution is -2.52. The van der Waals surface area contributed by atoms with Crippen LogP contribution in [0.15, 0.2) is 18.2 Å². The molecule has 0 bridgehead atoms. The largest absolute Gasteiger partial charge is 0.377 e. The zero-order valence-corrected chi connectivity index (χ0v) is 11.7. The van der Waals surface area contributed by atoms with Crippen LogP contribution in [0.5, 0.6) is 0 Å². The minimum Gasteiger partial charge on any atom is -0.377 e. The van der Waals surface area contributed by atoms with Crippen LogP contribution in [-0.2, 0) is 16.0 Å². The first-order valence-corrected chi connectivity index (χ1v) is 6.75. The Morgan fingerprint density at radius 1 is 1.47 bits per heavy atom. The fraction of sp³-hybridized carbons (Fsp3) is 0.533. The zero-order chi connectivity index (χ0) is 13.8. The first-order chi connectivity index (χ1) is 9.11. The molecule has 2 rings (SSSR count). The van der Waals surface area contributed by atoms with Gasteiger partial charge in [-0.3, -0.25) is 4.79 Å². The number of nitrogens with two attached hydrogens (primary N) is 1. The van der Waals surface area contributed by atoms with Crippen LogP contribution in [0.3, 0.4) is 0 Å². The highest BCUT2D eigenvalue weighted by Gasteiger charge is 2.26. The fourth-order valence-electron chi connectivity index (χ4n) is 2.43. The smallest absolute Gasteiger partial charge is 0.227 e. The minimum atomic E-state index is 0.0198. The summed E-state index contributed by atoms with van der Waals surface area (Å²) in [5, 5.41) is 0. The van der Waals surface area contributed by atoms with E-state index >= 15 is 0 Å². The molecule has 1 amide bonds. The van der Waals surface area contributed by atoms with Crippen LogP contribution in [0.25, 0.3) is 0 Å². The van der Waals surface area contributed by atoms with Crippen molar-refractivity contribution in [3.05, 3.63) is 34.9 Å². The Kier molecular flexibility index (Phi) is 4.56. The van der Waals surface area contributed by atoms with E-state index in [9.17, 15) is 4.79 Å². The molecule has 4 heteroatoms. The van der Waals surface area contributed by atoms with Gasteiger partial charge in [0.05, 0.1) is 25.7 Å². The van der Waals surface area contributed by atoms with Gasteiger partial charge in [-0.25, -0.2) is 0 Å². The van der Waals surface area contributed by atoms with Gasteiger partial charge in [-0.15, -0.1) is 0 Å². The van der Waals surface area contributed by atoms with Gasteiger partial charge in [-0.1, -0.05) is 23.8 Å². The maximum Gasteiger partial charge on any atom is 0.227 e. The predicted molar refractivity (Wildman–Crippen MR) is 75.0 cm³/mol. The van der Waals surface area contributed by atoms with E-state index in [-0.39, 0.29) is 11.9 Å². The van der Waals surface area contributed by atoms with Crippen molar-refractivity contribution < 1.29 is 9.53 Å². The van der Waals surface area contributed by atoms with Gasteiger partial charge in [0, 0.05) is 13.1 Å². The third-order valence-corrected chi connectivity index (χ3v) is 3.67. The average Bonchev–Trinajstić information content (AvgIpc) is 2.42. The second-order valence-corrected chi connectivity index (χ2v) is 5.16. The molecule has 4 nitrogen and oxygen atoms in total. The van der Waals surface area contributed by atoms with Crippen LogP contribution in [0.2, 0.25) is 0 Å². The molecule has 104 valence electrons. The van der Waals surface area contributed by atoms with Crippen LogP contribution in [0, 0.1) is 13.8 Å². The van der Waals surface area contributed by atoms with Gasteiger partial charge in [-0.2, -0.15) is 0 Å². The predicted octanol–water partition coefficient (Wildman–Crippen LogP) is 1.03. The van der Waals surface area contributed by atoms with E-state index in [0.717, 1.165) is 11.1 Å². The molecular weight excluding hydrogens is 240 g/mol. The van der Waals surface area contributed by atoms with E-state index in [1.54, 1.807) is 0 Å². The summed E-state index contributed by atoms with van der Waals surface area (Å²) in [6.07, 6.45) is 0.448. The number of benzene rings is 1. The summed E-state index contributed by atoms with van der Waals surface area (Å²) < 4.78 is 5.37. The van der Waals surface area contributed by atoms with Crippen molar-refractivity contribution in [2.45, 2.75) is 26.3 Å². The molecule has 1 saturated heterocycles. The summed E-state index contributed by atoms with van der Waals surface area (Å²) in [5.74, 6) is 0.146. The second-order valence-electron chi connectivity index (χ2n) is 5.16. The molecule has 0 radical (unpaired) electrons. The number of aryl methyl sites for hydroxylation is 2. The Hall–Kier alpha value is -1.39. The molecule has 0 spiro atoms. The van der Waals surface area contributed by atoms with E-state index in [0.29, 0.717) is 32.7 Å². The van der Waals surface area contributed by atoms with Crippen LogP contribution < -0.4 is 5.73 Å². The number of hydrogen-bond donors (Lipinski definition) is 1. The Morgan fingerprint density at radius 3 is 3.00 bits per heavy atom. The number of amides is 1. The molecule has 1 heterocycles. The summed E-state index contributed by atoms with van der Waals surface area (Å²) in [6, 6.07) is 6.25. The van der Waals surface area contributed by atoms with E-state index in [2.05, 4.69) is 18.2 Å². The van der Waals surface area contributed by atoms with Gasteiger partial charge in [-0.05, 0) is 25.0 Å². The molecule has 2 N–H and O–H groups in total. The number of hydrogen-bond acceptors (Lipinski definition) is 3. The third-order valence-electron chi connectivity index (χ3n) is 3.67. The van der Waals surface area contributed by atoms with E-state index < -0.39 is 0 Å². The van der Waals surface area contributed by atoms with Gasteiger partial charge in [0.25, 0.3) is 0 Å². The van der Waals surface area contributed by atoms with Crippen LogP contribution in [-0.4, -0.2) is 43.2 Å². The molecule has 1 fully saturated rings. The van der Waals surface area contributed by atoms with Crippen molar-refractivity contribution >= 4 is 5.91 Å². The minimum absolute atomic E-state index is 0.0198. The summed E-state index contributed by atoms with van der Waals surface area (Å²) in [7, 11) is 0. The Bertz CT molecular complexity index is 459. The van der Waals surface area contributed by atoms with Gasteiger partial charge in [0.15, 0.2) is 0 Å². The molecule has 19 heavy (non-hydrogen) atoms. The van der Waals surface area contributed by atoms with Crippen LogP contribution >= 0.6 is 0 Å². The number of nitrogens with zero attached hydrogens (tertiary/aromatic N) is 1. The summed E-state index contributed by atoms with van der Waals surface area (Å²) in [5.41, 5.74) is 9.16. The monoisotopic (exact) mass is 262 g/mol. The molecule has 1 unspecified atom stereocenters. The third kappa shape index (κ3) is 3.33. The maximum atomic E-state index is 12.4. The Labute approximate surface area is 114 Å². The van der Waals surface area contributed by atoms with Crippen molar-refractivity contribution in [1.29, 1.82) is 0 Å². The van der Waals surface area contributed by atoms with Crippen LogP contribution in [0.4, 0.5) is 0 Å². The van der Waals surface area contributed by atoms with Gasteiger partial charge < -0.3 is 15.4 Å². The maximum absolute atomic E-state index is 12.4. The van der Waals surface area contributed by atoms with Crippen molar-refractivity contribution in [3.63, 3.8) is 0 Å². The quantitative estimate of drug-likeness (QED) is 0.885. The number of morpholine rings is 1. The highest BCUT2D eigenvalue weighted by molar-refractivity contribution is 5.79. The Morgan fingerprint density at radius 2 is 2.26 bits per heavy atom. The second kappa shape index (κ2) is 6.17. The fourth-order valence-corrected chi connectivity index (χ4v) is 2.43. The van der Waals surface area contributed by atoms with Gasteiger partial charge >= 0.3 is 0 Å². The lowest BCUT2D eigenvalue weighted by atomic mass is 10.0. The first kappa shape index (κ1) is 14.0. The number of rotatable bonds is 3. The number of ether oxygens (including phenoxy) is 1. The normalized spacial score (nSPS) is 19.5. The van der Waals surface area contributed by atoms with Crippen molar-refractivity contribution in [2.24, 2.45) is 5.73 Å². The molecule has 1 atom stereocenters. The molecular formula is C15H22N2O2. The standard InChI is InChI=1S/C15H22N2O2/c1-11-3-4-12(2)13(7-11)8-15(18)17-5-6-19-10-14(17)9-16/h3-4,7,14H,5-6,8-10,16H2,1-2H3. The summed E-state index contributed by atoms with van der Waals surface area (Å²) in [6.45, 7) is 6.35. The Balaban J connectivity index is 2.09. The molecule has 1 aliphatic rings. The topological polar surface area (TPSA) is 55.6 Å². The van der Waals surface area contributed by atoms with Gasteiger partial charge in [0.1, 0.15) is 0 Å². The molecule has 0 aliphatic carbocycles. The molecule has 1 aromatic carbocycles. The lowest BCUT2D eigenvalue weighted by Gasteiger charge is -2.35. The lowest BCUT2D eigenvalue weighted by molar-refractivity contribution is -0.138. The van der Waals surface area contributed by atoms with Crippen LogP contribution in [0.1, 0.15) is 16.7 Å². The van der Waals surface area contributed by atoms with Crippen molar-refractivity contribution in [3.8, 4) is 0 Å². The molecule has 0 aromatic heterocycles.